The Bertz CT molecular complexity index is 477. The SMILES string of the molecule is Nc1ccc(OC/C=C/c2ccccc2)nc1. The van der Waals surface area contributed by atoms with Crippen LogP contribution in [0.2, 0.25) is 0 Å². The van der Waals surface area contributed by atoms with Crippen molar-refractivity contribution in [2.24, 2.45) is 0 Å². The van der Waals surface area contributed by atoms with Gasteiger partial charge in [0.1, 0.15) is 6.61 Å². The molecule has 3 heteroatoms. The molecule has 0 aliphatic rings. The van der Waals surface area contributed by atoms with Crippen molar-refractivity contribution in [3.05, 3.63) is 60.3 Å². The lowest BCUT2D eigenvalue weighted by Gasteiger charge is -2.01. The van der Waals surface area contributed by atoms with E-state index in [1.165, 1.54) is 0 Å². The zero-order valence-electron chi connectivity index (χ0n) is 9.41. The van der Waals surface area contributed by atoms with Crippen LogP contribution in [0.1, 0.15) is 5.56 Å². The fraction of sp³-hybridized carbons (Fsp3) is 0.0714. The van der Waals surface area contributed by atoms with Crippen LogP contribution >= 0.6 is 0 Å². The molecule has 0 amide bonds. The minimum absolute atomic E-state index is 0.492. The van der Waals surface area contributed by atoms with E-state index in [0.29, 0.717) is 18.2 Å². The highest BCUT2D eigenvalue weighted by molar-refractivity contribution is 5.48. The molecule has 0 spiro atoms. The third-order valence-corrected chi connectivity index (χ3v) is 2.20. The molecule has 0 radical (unpaired) electrons. The Kier molecular flexibility index (Phi) is 3.76. The van der Waals surface area contributed by atoms with Crippen LogP contribution in [0, 0.1) is 0 Å². The van der Waals surface area contributed by atoms with E-state index in [0.717, 1.165) is 5.56 Å². The van der Waals surface area contributed by atoms with Crippen LogP contribution in [0.4, 0.5) is 5.69 Å². The van der Waals surface area contributed by atoms with Gasteiger partial charge in [-0.3, -0.25) is 0 Å². The minimum Gasteiger partial charge on any atom is -0.473 e. The molecule has 0 bridgehead atoms. The third-order valence-electron chi connectivity index (χ3n) is 2.20. The fourth-order valence-corrected chi connectivity index (χ4v) is 1.36. The Morgan fingerprint density at radius 3 is 2.65 bits per heavy atom. The highest BCUT2D eigenvalue weighted by atomic mass is 16.5. The van der Waals surface area contributed by atoms with Crippen molar-refractivity contribution in [3.8, 4) is 5.88 Å². The van der Waals surface area contributed by atoms with E-state index < -0.39 is 0 Å². The summed E-state index contributed by atoms with van der Waals surface area (Å²) in [6.07, 6.45) is 5.54. The van der Waals surface area contributed by atoms with Gasteiger partial charge >= 0.3 is 0 Å². The molecule has 2 aromatic rings. The maximum atomic E-state index is 5.53. The molecule has 1 heterocycles. The predicted octanol–water partition coefficient (Wildman–Crippen LogP) is 2.76. The highest BCUT2D eigenvalue weighted by Crippen LogP contribution is 2.08. The first-order valence-electron chi connectivity index (χ1n) is 5.40. The summed E-state index contributed by atoms with van der Waals surface area (Å²) in [5.74, 6) is 0.580. The molecule has 0 unspecified atom stereocenters. The number of nitrogens with zero attached hydrogens (tertiary/aromatic N) is 1. The summed E-state index contributed by atoms with van der Waals surface area (Å²) in [6, 6.07) is 13.6. The van der Waals surface area contributed by atoms with Gasteiger partial charge in [0.25, 0.3) is 0 Å². The number of nitrogen functional groups attached to an aromatic ring is 1. The Morgan fingerprint density at radius 2 is 1.94 bits per heavy atom. The molecule has 86 valence electrons. The summed E-state index contributed by atoms with van der Waals surface area (Å²) in [7, 11) is 0. The van der Waals surface area contributed by atoms with E-state index in [-0.39, 0.29) is 0 Å². The van der Waals surface area contributed by atoms with Gasteiger partial charge in [0.15, 0.2) is 0 Å². The van der Waals surface area contributed by atoms with Gasteiger partial charge in [0.2, 0.25) is 5.88 Å². The quantitative estimate of drug-likeness (QED) is 0.872. The maximum absolute atomic E-state index is 5.53. The summed E-state index contributed by atoms with van der Waals surface area (Å²) >= 11 is 0. The first kappa shape index (κ1) is 11.2. The normalized spacial score (nSPS) is 10.6. The van der Waals surface area contributed by atoms with Gasteiger partial charge in [-0.25, -0.2) is 4.98 Å². The number of ether oxygens (including phenoxy) is 1. The van der Waals surface area contributed by atoms with E-state index >= 15 is 0 Å². The second kappa shape index (κ2) is 5.70. The molecule has 2 N–H and O–H groups in total. The number of anilines is 1. The smallest absolute Gasteiger partial charge is 0.213 e. The van der Waals surface area contributed by atoms with Crippen LogP contribution in [-0.2, 0) is 0 Å². The molecule has 0 fully saturated rings. The van der Waals surface area contributed by atoms with Gasteiger partial charge in [-0.15, -0.1) is 0 Å². The predicted molar refractivity (Wildman–Crippen MR) is 69.6 cm³/mol. The van der Waals surface area contributed by atoms with Crippen molar-refractivity contribution in [1.29, 1.82) is 0 Å². The van der Waals surface area contributed by atoms with Crippen LogP contribution in [0.25, 0.3) is 6.08 Å². The molecule has 3 nitrogen and oxygen atoms in total. The van der Waals surface area contributed by atoms with Crippen LogP contribution in [-0.4, -0.2) is 11.6 Å². The van der Waals surface area contributed by atoms with Crippen molar-refractivity contribution < 1.29 is 4.74 Å². The minimum atomic E-state index is 0.492. The number of hydrogen-bond donors (Lipinski definition) is 1. The number of benzene rings is 1. The summed E-state index contributed by atoms with van der Waals surface area (Å²) in [5.41, 5.74) is 7.32. The van der Waals surface area contributed by atoms with E-state index in [1.807, 2.05) is 42.5 Å². The molecule has 0 aliphatic heterocycles. The molecule has 0 atom stereocenters. The molecule has 1 aromatic heterocycles. The highest BCUT2D eigenvalue weighted by Gasteiger charge is 1.92. The van der Waals surface area contributed by atoms with Gasteiger partial charge < -0.3 is 10.5 Å². The van der Waals surface area contributed by atoms with E-state index in [2.05, 4.69) is 4.98 Å². The Balaban J connectivity index is 1.84. The lowest BCUT2D eigenvalue weighted by molar-refractivity contribution is 0.349. The molecular formula is C14H14N2O. The first-order valence-corrected chi connectivity index (χ1v) is 5.40. The van der Waals surface area contributed by atoms with E-state index in [1.54, 1.807) is 18.3 Å². The Labute approximate surface area is 101 Å². The molecule has 0 saturated heterocycles. The van der Waals surface area contributed by atoms with E-state index in [9.17, 15) is 0 Å². The number of pyridine rings is 1. The average molecular weight is 226 g/mol. The van der Waals surface area contributed by atoms with Gasteiger partial charge in [-0.1, -0.05) is 36.4 Å². The van der Waals surface area contributed by atoms with Crippen LogP contribution < -0.4 is 10.5 Å². The van der Waals surface area contributed by atoms with Crippen molar-refractivity contribution in [2.45, 2.75) is 0 Å². The monoisotopic (exact) mass is 226 g/mol. The number of hydrogen-bond acceptors (Lipinski definition) is 3. The average Bonchev–Trinajstić information content (AvgIpc) is 2.38. The zero-order chi connectivity index (χ0) is 11.9. The summed E-state index contributed by atoms with van der Waals surface area (Å²) in [5, 5.41) is 0. The first-order chi connectivity index (χ1) is 8.34. The molecule has 0 aliphatic carbocycles. The maximum Gasteiger partial charge on any atom is 0.213 e. The number of aromatic nitrogens is 1. The molecule has 2 rings (SSSR count). The second-order valence-corrected chi connectivity index (χ2v) is 3.55. The topological polar surface area (TPSA) is 48.1 Å². The van der Waals surface area contributed by atoms with Gasteiger partial charge in [0, 0.05) is 6.07 Å². The zero-order valence-corrected chi connectivity index (χ0v) is 9.41. The summed E-state index contributed by atoms with van der Waals surface area (Å²) < 4.78 is 5.43. The Hall–Kier alpha value is -2.29. The summed E-state index contributed by atoms with van der Waals surface area (Å²) in [6.45, 7) is 0.492. The molecular weight excluding hydrogens is 212 g/mol. The van der Waals surface area contributed by atoms with Crippen molar-refractivity contribution >= 4 is 11.8 Å². The number of nitrogens with two attached hydrogens (primary N) is 1. The third kappa shape index (κ3) is 3.65. The lowest BCUT2D eigenvalue weighted by atomic mass is 10.2. The van der Waals surface area contributed by atoms with Crippen molar-refractivity contribution in [2.75, 3.05) is 12.3 Å². The standard InChI is InChI=1S/C14H14N2O/c15-13-8-9-14(16-11-13)17-10-4-7-12-5-2-1-3-6-12/h1-9,11H,10,15H2/b7-4+. The van der Waals surface area contributed by atoms with E-state index in [4.69, 9.17) is 10.5 Å². The Morgan fingerprint density at radius 1 is 1.12 bits per heavy atom. The van der Waals surface area contributed by atoms with Gasteiger partial charge in [-0.05, 0) is 17.7 Å². The number of rotatable bonds is 4. The molecule has 1 aromatic carbocycles. The largest absolute Gasteiger partial charge is 0.473 e. The van der Waals surface area contributed by atoms with Crippen LogP contribution in [0.5, 0.6) is 5.88 Å². The lowest BCUT2D eigenvalue weighted by Crippen LogP contribution is -1.96. The molecule has 17 heavy (non-hydrogen) atoms. The fourth-order valence-electron chi connectivity index (χ4n) is 1.36. The molecule has 0 saturated carbocycles. The van der Waals surface area contributed by atoms with Gasteiger partial charge in [0.05, 0.1) is 11.9 Å². The van der Waals surface area contributed by atoms with Crippen LogP contribution in [0.15, 0.2) is 54.7 Å². The van der Waals surface area contributed by atoms with Crippen molar-refractivity contribution in [3.63, 3.8) is 0 Å². The second-order valence-electron chi connectivity index (χ2n) is 3.55. The summed E-state index contributed by atoms with van der Waals surface area (Å²) in [4.78, 5) is 4.04. The van der Waals surface area contributed by atoms with Crippen LogP contribution in [0.3, 0.4) is 0 Å². The van der Waals surface area contributed by atoms with Crippen molar-refractivity contribution in [1.82, 2.24) is 4.98 Å². The van der Waals surface area contributed by atoms with Gasteiger partial charge in [-0.2, -0.15) is 0 Å².